The van der Waals surface area contributed by atoms with Gasteiger partial charge in [0.15, 0.2) is 12.2 Å². The second-order valence-electron chi connectivity index (χ2n) is 30.2. The van der Waals surface area contributed by atoms with Crippen molar-refractivity contribution in [3.63, 3.8) is 0 Å². The van der Waals surface area contributed by atoms with E-state index in [-0.39, 0.29) is 25.7 Å². The molecule has 0 aromatic carbocycles. The summed E-state index contributed by atoms with van der Waals surface area (Å²) in [6, 6.07) is 0. The fraction of sp³-hybridized carbons (Fsp3) is 0.907. The Balaban J connectivity index is 5.29. The molecule has 0 saturated carbocycles. The van der Waals surface area contributed by atoms with E-state index >= 15 is 0 Å². The van der Waals surface area contributed by atoms with E-state index in [1.807, 2.05) is 0 Å². The molecule has 0 radical (unpaired) electrons. The zero-order valence-electron chi connectivity index (χ0n) is 68.2. The van der Waals surface area contributed by atoms with E-state index in [1.54, 1.807) is 0 Å². The lowest BCUT2D eigenvalue weighted by molar-refractivity contribution is -0.161. The first kappa shape index (κ1) is 103. The second-order valence-corrected chi connectivity index (χ2v) is 33.1. The predicted molar refractivity (Wildman–Crippen MR) is 432 cm³/mol. The summed E-state index contributed by atoms with van der Waals surface area (Å²) in [5.74, 6) is -2.13. The molecule has 0 aromatic rings. The van der Waals surface area contributed by atoms with Gasteiger partial charge in [0.2, 0.25) is 0 Å². The van der Waals surface area contributed by atoms with Crippen molar-refractivity contribution in [2.75, 3.05) is 39.6 Å². The molecule has 0 aliphatic heterocycles. The molecule has 0 rings (SSSR count). The summed E-state index contributed by atoms with van der Waals surface area (Å²) in [6.07, 6.45) is 77.1. The molecule has 0 amide bonds. The smallest absolute Gasteiger partial charge is 0.462 e. The normalized spacial score (nSPS) is 13.9. The summed E-state index contributed by atoms with van der Waals surface area (Å²) >= 11 is 0. The van der Waals surface area contributed by atoms with Crippen LogP contribution in [0.25, 0.3) is 0 Å². The van der Waals surface area contributed by atoms with Crippen LogP contribution in [-0.2, 0) is 65.4 Å². The third-order valence-electron chi connectivity index (χ3n) is 19.7. The Morgan fingerprint density at radius 3 is 0.695 bits per heavy atom. The molecular weight excluding hydrogens is 1370 g/mol. The molecule has 0 fully saturated rings. The minimum absolute atomic E-state index is 0.0862. The van der Waals surface area contributed by atoms with Gasteiger partial charge in [-0.2, -0.15) is 0 Å². The molecule has 19 heteroatoms. The number of unbranched alkanes of at least 4 members (excludes halogenated alkanes) is 56. The van der Waals surface area contributed by atoms with E-state index in [0.29, 0.717) is 25.7 Å². The fourth-order valence-corrected chi connectivity index (χ4v) is 14.6. The first-order valence-corrected chi connectivity index (χ1v) is 47.1. The van der Waals surface area contributed by atoms with Gasteiger partial charge in [-0.15, -0.1) is 0 Å². The molecule has 0 aliphatic rings. The number of hydrogen-bond donors (Lipinski definition) is 3. The van der Waals surface area contributed by atoms with Crippen LogP contribution in [0.1, 0.15) is 445 Å². The number of ether oxygens (including phenoxy) is 4. The van der Waals surface area contributed by atoms with Crippen molar-refractivity contribution in [1.29, 1.82) is 0 Å². The van der Waals surface area contributed by atoms with E-state index in [2.05, 4.69) is 52.0 Å². The number of aliphatic hydroxyl groups excluding tert-OH is 1. The minimum atomic E-state index is -4.97. The van der Waals surface area contributed by atoms with Crippen molar-refractivity contribution in [1.82, 2.24) is 0 Å². The highest BCUT2D eigenvalue weighted by molar-refractivity contribution is 7.47. The number of carbonyl (C=O) groups excluding carboxylic acids is 4. The number of esters is 4. The predicted octanol–water partition coefficient (Wildman–Crippen LogP) is 26.1. The molecule has 2 unspecified atom stereocenters. The van der Waals surface area contributed by atoms with Gasteiger partial charge in [-0.3, -0.25) is 37.3 Å². The number of phosphoric ester groups is 2. The number of phosphoric acid groups is 2. The minimum Gasteiger partial charge on any atom is -0.462 e. The molecule has 105 heavy (non-hydrogen) atoms. The molecule has 0 aliphatic carbocycles. The van der Waals surface area contributed by atoms with Gasteiger partial charge in [-0.25, -0.2) is 9.13 Å². The maximum atomic E-state index is 13.1. The summed E-state index contributed by atoms with van der Waals surface area (Å²) in [5, 5.41) is 10.7. The van der Waals surface area contributed by atoms with Crippen LogP contribution in [0.5, 0.6) is 0 Å². The Labute approximate surface area is 643 Å². The van der Waals surface area contributed by atoms with Crippen molar-refractivity contribution in [2.45, 2.75) is 463 Å². The van der Waals surface area contributed by atoms with Crippen molar-refractivity contribution in [3.8, 4) is 0 Å². The molecule has 5 atom stereocenters. The van der Waals surface area contributed by atoms with Gasteiger partial charge in [-0.05, 0) is 51.4 Å². The topological polar surface area (TPSA) is 237 Å². The van der Waals surface area contributed by atoms with E-state index in [9.17, 15) is 43.2 Å². The van der Waals surface area contributed by atoms with Crippen molar-refractivity contribution >= 4 is 39.5 Å². The molecule has 0 heterocycles. The van der Waals surface area contributed by atoms with Crippen LogP contribution >= 0.6 is 15.6 Å². The van der Waals surface area contributed by atoms with Crippen LogP contribution in [0.4, 0.5) is 0 Å². The monoisotopic (exact) mass is 1530 g/mol. The lowest BCUT2D eigenvalue weighted by atomic mass is 10.0. The highest BCUT2D eigenvalue weighted by atomic mass is 31.2. The van der Waals surface area contributed by atoms with E-state index in [1.165, 1.54) is 263 Å². The van der Waals surface area contributed by atoms with Gasteiger partial charge in [0.05, 0.1) is 26.4 Å². The number of hydrogen-bond acceptors (Lipinski definition) is 15. The average molecular weight is 1530 g/mol. The van der Waals surface area contributed by atoms with Gasteiger partial charge in [0, 0.05) is 25.7 Å². The lowest BCUT2D eigenvalue weighted by Gasteiger charge is -2.21. The van der Waals surface area contributed by atoms with Crippen LogP contribution in [0.3, 0.4) is 0 Å². The zero-order chi connectivity index (χ0) is 76.7. The molecule has 0 bridgehead atoms. The fourth-order valence-electron chi connectivity index (χ4n) is 13.0. The molecule has 17 nitrogen and oxygen atoms in total. The maximum Gasteiger partial charge on any atom is 0.472 e. The maximum absolute atomic E-state index is 13.1. The van der Waals surface area contributed by atoms with Gasteiger partial charge in [-0.1, -0.05) is 392 Å². The molecule has 620 valence electrons. The van der Waals surface area contributed by atoms with Crippen molar-refractivity contribution in [3.05, 3.63) is 24.3 Å². The quantitative estimate of drug-likeness (QED) is 0.0169. The zero-order valence-corrected chi connectivity index (χ0v) is 70.0. The van der Waals surface area contributed by atoms with Crippen LogP contribution in [0.15, 0.2) is 24.3 Å². The third kappa shape index (κ3) is 79.4. The van der Waals surface area contributed by atoms with Crippen LogP contribution in [0.2, 0.25) is 0 Å². The van der Waals surface area contributed by atoms with E-state index in [4.69, 9.17) is 37.0 Å². The number of carbonyl (C=O) groups is 4. The SMILES string of the molecule is CCCCCC/C=C\C=C/CCCCCCCC(=O)O[C@H](COC(=O)CCCCCCCCCCCCCCC)COP(=O)(O)OC[C@H](O)COP(=O)(O)OC[C@@H](COC(=O)CCCCCCCCCCCCCCCCCCCC)OC(=O)CCCCCCCCCCCCCCCCCCCCC. The Morgan fingerprint density at radius 2 is 0.457 bits per heavy atom. The van der Waals surface area contributed by atoms with Crippen molar-refractivity contribution < 1.29 is 80.2 Å². The highest BCUT2D eigenvalue weighted by Gasteiger charge is 2.30. The van der Waals surface area contributed by atoms with Gasteiger partial charge < -0.3 is 33.8 Å². The Morgan fingerprint density at radius 1 is 0.267 bits per heavy atom. The summed E-state index contributed by atoms with van der Waals surface area (Å²) in [6.45, 7) is 5.00. The molecule has 0 aromatic heterocycles. The van der Waals surface area contributed by atoms with Crippen LogP contribution in [-0.4, -0.2) is 96.7 Å². The number of aliphatic hydroxyl groups is 1. The summed E-state index contributed by atoms with van der Waals surface area (Å²) in [7, 11) is -9.94. The molecular formula is C86H164O17P2. The first-order valence-electron chi connectivity index (χ1n) is 44.1. The Bertz CT molecular complexity index is 2080. The van der Waals surface area contributed by atoms with Gasteiger partial charge in [0.25, 0.3) is 0 Å². The van der Waals surface area contributed by atoms with Crippen LogP contribution < -0.4 is 0 Å². The number of allylic oxidation sites excluding steroid dienone is 4. The second kappa shape index (κ2) is 79.6. The standard InChI is InChI=1S/C86H164O17P2/c1-5-9-13-17-21-25-29-33-36-38-40-42-45-49-53-57-61-65-69-73-86(91)103-82(77-97-84(89)71-67-63-59-55-51-47-44-41-39-37-34-30-26-22-18-14-10-6-2)79-101-105(94,95)99-75-80(87)74-98-104(92,93)100-78-81(76-96-83(88)70-66-62-58-54-50-46-32-28-24-20-16-12-8-4)102-85(90)72-68-64-60-56-52-48-43-35-31-27-23-19-15-11-7-3/h27,31,35,43,80-82,87H,5-26,28-30,32-34,36-42,44-79H2,1-4H3,(H,92,93)(H,94,95)/b31-27-,43-35-/t80-,81+,82+/m0/s1. The van der Waals surface area contributed by atoms with Crippen molar-refractivity contribution in [2.24, 2.45) is 0 Å². The Hall–Kier alpha value is -2.46. The third-order valence-corrected chi connectivity index (χ3v) is 21.6. The first-order chi connectivity index (χ1) is 51.2. The van der Waals surface area contributed by atoms with E-state index < -0.39 is 97.5 Å². The molecule has 0 spiro atoms. The summed E-state index contributed by atoms with van der Waals surface area (Å²) in [4.78, 5) is 73.2. The molecule has 3 N–H and O–H groups in total. The summed E-state index contributed by atoms with van der Waals surface area (Å²) < 4.78 is 68.9. The lowest BCUT2D eigenvalue weighted by Crippen LogP contribution is -2.30. The molecule has 0 saturated heterocycles. The van der Waals surface area contributed by atoms with Gasteiger partial charge >= 0.3 is 39.5 Å². The van der Waals surface area contributed by atoms with Crippen LogP contribution in [0, 0.1) is 0 Å². The average Bonchev–Trinajstić information content (AvgIpc) is 0.910. The largest absolute Gasteiger partial charge is 0.472 e. The Kier molecular flexibility index (Phi) is 77.8. The van der Waals surface area contributed by atoms with E-state index in [0.717, 1.165) is 103 Å². The van der Waals surface area contributed by atoms with Gasteiger partial charge in [0.1, 0.15) is 19.3 Å². The highest BCUT2D eigenvalue weighted by Crippen LogP contribution is 2.45. The number of rotatable bonds is 85. The summed E-state index contributed by atoms with van der Waals surface area (Å²) in [5.41, 5.74) is 0.